The van der Waals surface area contributed by atoms with Crippen LogP contribution in [0.1, 0.15) is 11.1 Å². The predicted octanol–water partition coefficient (Wildman–Crippen LogP) is 3.54. The summed E-state index contributed by atoms with van der Waals surface area (Å²) in [5.74, 6) is 0.414. The van der Waals surface area contributed by atoms with Gasteiger partial charge in [0.05, 0.1) is 11.8 Å². The van der Waals surface area contributed by atoms with Gasteiger partial charge in [-0.3, -0.25) is 9.36 Å². The standard InChI is InChI=1S/C18H16N2O2S/c1-13-7-9-15(10-8-13)20-17(22)11-16(21)19-18(20)23-12-14-5-3-2-4-6-14/h2-11,21H,12H2,1H3. The first-order valence-electron chi connectivity index (χ1n) is 7.20. The number of nitrogens with zero attached hydrogens (tertiary/aromatic N) is 2. The SMILES string of the molecule is Cc1ccc(-n2c(SCc3ccccc3)nc(O)cc2=O)cc1. The highest BCUT2D eigenvalue weighted by molar-refractivity contribution is 7.98. The summed E-state index contributed by atoms with van der Waals surface area (Å²) in [5, 5.41) is 10.1. The van der Waals surface area contributed by atoms with Crippen molar-refractivity contribution in [2.45, 2.75) is 17.8 Å². The van der Waals surface area contributed by atoms with Gasteiger partial charge in [0, 0.05) is 5.75 Å². The van der Waals surface area contributed by atoms with Crippen LogP contribution >= 0.6 is 11.8 Å². The highest BCUT2D eigenvalue weighted by Crippen LogP contribution is 2.24. The van der Waals surface area contributed by atoms with Gasteiger partial charge in [0.25, 0.3) is 5.56 Å². The van der Waals surface area contributed by atoms with Crippen LogP contribution in [0.2, 0.25) is 0 Å². The molecule has 0 aliphatic rings. The van der Waals surface area contributed by atoms with E-state index in [4.69, 9.17) is 0 Å². The van der Waals surface area contributed by atoms with E-state index in [0.29, 0.717) is 10.9 Å². The molecule has 3 aromatic rings. The van der Waals surface area contributed by atoms with E-state index in [1.807, 2.05) is 61.5 Å². The molecule has 116 valence electrons. The lowest BCUT2D eigenvalue weighted by molar-refractivity contribution is 0.440. The van der Waals surface area contributed by atoms with Gasteiger partial charge in [-0.2, -0.15) is 4.98 Å². The Morgan fingerprint density at radius 2 is 1.78 bits per heavy atom. The molecule has 5 heteroatoms. The van der Waals surface area contributed by atoms with Crippen LogP contribution in [0.4, 0.5) is 0 Å². The van der Waals surface area contributed by atoms with Gasteiger partial charge in [-0.15, -0.1) is 0 Å². The van der Waals surface area contributed by atoms with Crippen LogP contribution in [-0.2, 0) is 5.75 Å². The average Bonchev–Trinajstić information content (AvgIpc) is 2.55. The molecule has 0 aliphatic heterocycles. The van der Waals surface area contributed by atoms with E-state index in [1.54, 1.807) is 0 Å². The van der Waals surface area contributed by atoms with E-state index in [9.17, 15) is 9.90 Å². The summed E-state index contributed by atoms with van der Waals surface area (Å²) in [6, 6.07) is 18.7. The molecule has 1 N–H and O–H groups in total. The van der Waals surface area contributed by atoms with Gasteiger partial charge in [-0.05, 0) is 24.6 Å². The molecule has 0 aliphatic carbocycles. The van der Waals surface area contributed by atoms with Gasteiger partial charge < -0.3 is 5.11 Å². The predicted molar refractivity (Wildman–Crippen MR) is 92.2 cm³/mol. The van der Waals surface area contributed by atoms with Crippen LogP contribution in [0.15, 0.2) is 70.6 Å². The van der Waals surface area contributed by atoms with Gasteiger partial charge in [-0.1, -0.05) is 59.8 Å². The number of hydrogen-bond donors (Lipinski definition) is 1. The third-order valence-corrected chi connectivity index (χ3v) is 4.39. The topological polar surface area (TPSA) is 55.1 Å². The van der Waals surface area contributed by atoms with E-state index < -0.39 is 0 Å². The Kier molecular flexibility index (Phi) is 4.48. The maximum atomic E-state index is 12.3. The smallest absolute Gasteiger partial charge is 0.262 e. The first-order valence-corrected chi connectivity index (χ1v) is 8.19. The van der Waals surface area contributed by atoms with Crippen molar-refractivity contribution in [2.75, 3.05) is 0 Å². The van der Waals surface area contributed by atoms with E-state index in [0.717, 1.165) is 22.9 Å². The number of aromatic hydroxyl groups is 1. The summed E-state index contributed by atoms with van der Waals surface area (Å²) in [6.45, 7) is 1.99. The number of hydrogen-bond acceptors (Lipinski definition) is 4. The molecule has 0 saturated heterocycles. The van der Waals surface area contributed by atoms with Crippen molar-refractivity contribution in [2.24, 2.45) is 0 Å². The first-order chi connectivity index (χ1) is 11.1. The quantitative estimate of drug-likeness (QED) is 0.589. The number of rotatable bonds is 4. The summed E-state index contributed by atoms with van der Waals surface area (Å²) < 4.78 is 1.52. The lowest BCUT2D eigenvalue weighted by Crippen LogP contribution is -2.20. The molecular weight excluding hydrogens is 308 g/mol. The first kappa shape index (κ1) is 15.4. The van der Waals surface area contributed by atoms with Gasteiger partial charge in [0.2, 0.25) is 5.88 Å². The van der Waals surface area contributed by atoms with Crippen molar-refractivity contribution >= 4 is 11.8 Å². The molecule has 0 bridgehead atoms. The van der Waals surface area contributed by atoms with Crippen molar-refractivity contribution in [3.63, 3.8) is 0 Å². The van der Waals surface area contributed by atoms with Gasteiger partial charge in [0.15, 0.2) is 5.16 Å². The molecule has 0 radical (unpaired) electrons. The maximum absolute atomic E-state index is 12.3. The van der Waals surface area contributed by atoms with Crippen LogP contribution in [-0.4, -0.2) is 14.7 Å². The molecule has 23 heavy (non-hydrogen) atoms. The molecular formula is C18H16N2O2S. The zero-order valence-electron chi connectivity index (χ0n) is 12.6. The molecule has 1 heterocycles. The zero-order chi connectivity index (χ0) is 16.2. The van der Waals surface area contributed by atoms with E-state index in [2.05, 4.69) is 4.98 Å². The third-order valence-electron chi connectivity index (χ3n) is 3.38. The molecule has 0 saturated carbocycles. The Hall–Kier alpha value is -2.53. The second kappa shape index (κ2) is 6.71. The van der Waals surface area contributed by atoms with Crippen molar-refractivity contribution in [3.05, 3.63) is 82.1 Å². The molecule has 0 spiro atoms. The molecule has 3 rings (SSSR count). The molecule has 2 aromatic carbocycles. The van der Waals surface area contributed by atoms with E-state index >= 15 is 0 Å². The summed E-state index contributed by atoms with van der Waals surface area (Å²) in [4.78, 5) is 16.4. The van der Waals surface area contributed by atoms with Crippen LogP contribution in [0.5, 0.6) is 5.88 Å². The highest BCUT2D eigenvalue weighted by Gasteiger charge is 2.11. The molecule has 0 unspecified atom stereocenters. The minimum Gasteiger partial charge on any atom is -0.493 e. The molecule has 1 aromatic heterocycles. The highest BCUT2D eigenvalue weighted by atomic mass is 32.2. The van der Waals surface area contributed by atoms with Crippen LogP contribution < -0.4 is 5.56 Å². The fourth-order valence-electron chi connectivity index (χ4n) is 2.20. The fourth-order valence-corrected chi connectivity index (χ4v) is 3.17. The molecule has 0 atom stereocenters. The minimum absolute atomic E-state index is 0.256. The molecule has 0 amide bonds. The Bertz CT molecular complexity index is 858. The average molecular weight is 324 g/mol. The van der Waals surface area contributed by atoms with Crippen molar-refractivity contribution in [1.82, 2.24) is 9.55 Å². The zero-order valence-corrected chi connectivity index (χ0v) is 13.5. The Morgan fingerprint density at radius 1 is 1.09 bits per heavy atom. The lowest BCUT2D eigenvalue weighted by atomic mass is 10.2. The van der Waals surface area contributed by atoms with Crippen molar-refractivity contribution in [1.29, 1.82) is 0 Å². The largest absolute Gasteiger partial charge is 0.493 e. The van der Waals surface area contributed by atoms with Crippen molar-refractivity contribution < 1.29 is 5.11 Å². The van der Waals surface area contributed by atoms with Gasteiger partial charge in [-0.25, -0.2) is 0 Å². The Labute approximate surface area is 138 Å². The van der Waals surface area contributed by atoms with E-state index in [1.165, 1.54) is 16.3 Å². The number of aromatic nitrogens is 2. The maximum Gasteiger partial charge on any atom is 0.262 e. The van der Waals surface area contributed by atoms with Gasteiger partial charge >= 0.3 is 0 Å². The monoisotopic (exact) mass is 324 g/mol. The molecule has 4 nitrogen and oxygen atoms in total. The lowest BCUT2D eigenvalue weighted by Gasteiger charge is -2.12. The molecule has 0 fully saturated rings. The summed E-state index contributed by atoms with van der Waals surface area (Å²) in [6.07, 6.45) is 0. The number of aryl methyl sites for hydroxylation is 1. The minimum atomic E-state index is -0.295. The Morgan fingerprint density at radius 3 is 2.48 bits per heavy atom. The van der Waals surface area contributed by atoms with Crippen molar-refractivity contribution in [3.8, 4) is 11.6 Å². The second-order valence-corrected chi connectivity index (χ2v) is 6.12. The van der Waals surface area contributed by atoms with Crippen LogP contribution in [0.25, 0.3) is 5.69 Å². The van der Waals surface area contributed by atoms with E-state index in [-0.39, 0.29) is 11.4 Å². The third kappa shape index (κ3) is 3.63. The Balaban J connectivity index is 1.98. The number of thioether (sulfide) groups is 1. The van der Waals surface area contributed by atoms with Crippen LogP contribution in [0, 0.1) is 6.92 Å². The van der Waals surface area contributed by atoms with Gasteiger partial charge in [0.1, 0.15) is 0 Å². The summed E-state index contributed by atoms with van der Waals surface area (Å²) in [7, 11) is 0. The second-order valence-electron chi connectivity index (χ2n) is 5.18. The number of benzene rings is 2. The van der Waals surface area contributed by atoms with Crippen LogP contribution in [0.3, 0.4) is 0 Å². The summed E-state index contributed by atoms with van der Waals surface area (Å²) >= 11 is 1.42. The normalized spacial score (nSPS) is 10.7. The fraction of sp³-hybridized carbons (Fsp3) is 0.111. The summed E-state index contributed by atoms with van der Waals surface area (Å²) in [5.41, 5.74) is 2.69.